The van der Waals surface area contributed by atoms with Gasteiger partial charge in [0, 0.05) is 18.9 Å². The van der Waals surface area contributed by atoms with Crippen LogP contribution in [0.1, 0.15) is 10.5 Å². The number of carbonyl (C=O) groups excluding carboxylic acids is 1. The van der Waals surface area contributed by atoms with Crippen LogP contribution in [-0.4, -0.2) is 36.6 Å². The van der Waals surface area contributed by atoms with Crippen LogP contribution in [0.5, 0.6) is 0 Å². The maximum Gasteiger partial charge on any atom is 0.278 e. The van der Waals surface area contributed by atoms with E-state index in [2.05, 4.69) is 9.97 Å². The van der Waals surface area contributed by atoms with Gasteiger partial charge in [-0.15, -0.1) is 0 Å². The number of rotatable bonds is 1. The first-order valence-corrected chi connectivity index (χ1v) is 7.64. The molecule has 1 aliphatic heterocycles. The van der Waals surface area contributed by atoms with Crippen LogP contribution in [0.2, 0.25) is 0 Å². The van der Waals surface area contributed by atoms with E-state index in [0.29, 0.717) is 5.69 Å². The Morgan fingerprint density at radius 2 is 2.00 bits per heavy atom. The fraction of sp³-hybridized carbons (Fsp3) is 0.154. The second kappa shape index (κ2) is 4.68. The van der Waals surface area contributed by atoms with Crippen molar-refractivity contribution in [2.75, 3.05) is 17.2 Å². The number of amides is 1. The van der Waals surface area contributed by atoms with Gasteiger partial charge in [0.05, 0.1) is 22.5 Å². The Kier molecular flexibility index (Phi) is 2.98. The summed E-state index contributed by atoms with van der Waals surface area (Å²) in [4.78, 5) is 21.8. The standard InChI is InChI=1S/C13H11N3O3S/c17-13(10-9-14-5-6-15-10)16-7-8-20(18,19)12-4-2-1-3-11(12)16/h1-6,9H,7-8H2. The Bertz CT molecular complexity index is 759. The predicted molar refractivity (Wildman–Crippen MR) is 72.2 cm³/mol. The van der Waals surface area contributed by atoms with Gasteiger partial charge in [0.2, 0.25) is 0 Å². The molecule has 6 nitrogen and oxygen atoms in total. The third-order valence-corrected chi connectivity index (χ3v) is 4.84. The van der Waals surface area contributed by atoms with E-state index in [-0.39, 0.29) is 28.8 Å². The van der Waals surface area contributed by atoms with Crippen molar-refractivity contribution in [3.63, 3.8) is 0 Å². The van der Waals surface area contributed by atoms with Crippen LogP contribution in [0.3, 0.4) is 0 Å². The maximum absolute atomic E-state index is 12.4. The molecule has 0 saturated carbocycles. The van der Waals surface area contributed by atoms with E-state index in [1.807, 2.05) is 0 Å². The van der Waals surface area contributed by atoms with Crippen molar-refractivity contribution in [3.05, 3.63) is 48.5 Å². The van der Waals surface area contributed by atoms with Gasteiger partial charge in [-0.3, -0.25) is 9.78 Å². The molecule has 1 amide bonds. The summed E-state index contributed by atoms with van der Waals surface area (Å²) in [7, 11) is -3.32. The number of hydrogen-bond donors (Lipinski definition) is 0. The molecule has 0 atom stereocenters. The van der Waals surface area contributed by atoms with E-state index in [1.165, 1.54) is 29.6 Å². The number of hydrogen-bond acceptors (Lipinski definition) is 5. The average molecular weight is 289 g/mol. The molecule has 7 heteroatoms. The zero-order chi connectivity index (χ0) is 14.2. The van der Waals surface area contributed by atoms with Crippen LogP contribution in [0.25, 0.3) is 0 Å². The molecule has 1 aromatic heterocycles. The Morgan fingerprint density at radius 3 is 2.75 bits per heavy atom. The fourth-order valence-corrected chi connectivity index (χ4v) is 3.57. The Morgan fingerprint density at radius 1 is 1.20 bits per heavy atom. The van der Waals surface area contributed by atoms with Gasteiger partial charge in [-0.05, 0) is 12.1 Å². The lowest BCUT2D eigenvalue weighted by Crippen LogP contribution is -2.40. The minimum atomic E-state index is -3.32. The smallest absolute Gasteiger partial charge is 0.278 e. The first-order valence-electron chi connectivity index (χ1n) is 5.99. The van der Waals surface area contributed by atoms with Crippen LogP contribution in [-0.2, 0) is 9.84 Å². The summed E-state index contributed by atoms with van der Waals surface area (Å²) in [5.74, 6) is -0.434. The lowest BCUT2D eigenvalue weighted by atomic mass is 10.2. The monoisotopic (exact) mass is 289 g/mol. The molecule has 2 heterocycles. The Balaban J connectivity index is 2.07. The summed E-state index contributed by atoms with van der Waals surface area (Å²) in [6, 6.07) is 6.49. The van der Waals surface area contributed by atoms with Crippen LogP contribution in [0.4, 0.5) is 5.69 Å². The van der Waals surface area contributed by atoms with E-state index in [9.17, 15) is 13.2 Å². The molecule has 0 unspecified atom stereocenters. The van der Waals surface area contributed by atoms with E-state index < -0.39 is 9.84 Å². The summed E-state index contributed by atoms with van der Waals surface area (Å²) in [5, 5.41) is 0. The van der Waals surface area contributed by atoms with Gasteiger partial charge in [0.15, 0.2) is 9.84 Å². The summed E-state index contributed by atoms with van der Waals surface area (Å²) in [6.07, 6.45) is 4.28. The third kappa shape index (κ3) is 2.05. The molecule has 0 spiro atoms. The number of anilines is 1. The molecule has 0 fully saturated rings. The average Bonchev–Trinajstić information content (AvgIpc) is 2.48. The summed E-state index contributed by atoms with van der Waals surface area (Å²) < 4.78 is 24.0. The largest absolute Gasteiger partial charge is 0.305 e. The van der Waals surface area contributed by atoms with Crippen LogP contribution >= 0.6 is 0 Å². The molecule has 1 aliphatic rings. The van der Waals surface area contributed by atoms with Gasteiger partial charge in [0.25, 0.3) is 5.91 Å². The van der Waals surface area contributed by atoms with E-state index >= 15 is 0 Å². The molecule has 0 saturated heterocycles. The van der Waals surface area contributed by atoms with E-state index in [1.54, 1.807) is 18.2 Å². The summed E-state index contributed by atoms with van der Waals surface area (Å²) in [5.41, 5.74) is 0.594. The number of benzene rings is 1. The van der Waals surface area contributed by atoms with Gasteiger partial charge in [-0.2, -0.15) is 0 Å². The molecular weight excluding hydrogens is 278 g/mol. The van der Waals surface area contributed by atoms with Gasteiger partial charge < -0.3 is 4.90 Å². The lowest BCUT2D eigenvalue weighted by Gasteiger charge is -2.28. The zero-order valence-electron chi connectivity index (χ0n) is 10.4. The first kappa shape index (κ1) is 12.7. The van der Waals surface area contributed by atoms with Crippen LogP contribution in [0.15, 0.2) is 47.8 Å². The lowest BCUT2D eigenvalue weighted by molar-refractivity contribution is 0.0982. The highest BCUT2D eigenvalue weighted by Crippen LogP contribution is 2.30. The molecule has 0 aliphatic carbocycles. The van der Waals surface area contributed by atoms with Crippen molar-refractivity contribution < 1.29 is 13.2 Å². The number of nitrogens with zero attached hydrogens (tertiary/aromatic N) is 3. The fourth-order valence-electron chi connectivity index (χ4n) is 2.14. The Hall–Kier alpha value is -2.28. The van der Waals surface area contributed by atoms with Gasteiger partial charge in [-0.1, -0.05) is 12.1 Å². The number of carbonyl (C=O) groups is 1. The van der Waals surface area contributed by atoms with Crippen molar-refractivity contribution >= 4 is 21.4 Å². The number of aromatic nitrogens is 2. The van der Waals surface area contributed by atoms with Crippen LogP contribution < -0.4 is 4.90 Å². The van der Waals surface area contributed by atoms with Crippen molar-refractivity contribution in [3.8, 4) is 0 Å². The summed E-state index contributed by atoms with van der Waals surface area (Å²) in [6.45, 7) is 0.120. The first-order chi connectivity index (χ1) is 9.59. The molecule has 2 aromatic rings. The molecule has 0 bridgehead atoms. The van der Waals surface area contributed by atoms with Gasteiger partial charge in [-0.25, -0.2) is 13.4 Å². The topological polar surface area (TPSA) is 80.2 Å². The zero-order valence-corrected chi connectivity index (χ0v) is 11.2. The minimum Gasteiger partial charge on any atom is -0.305 e. The highest BCUT2D eigenvalue weighted by atomic mass is 32.2. The van der Waals surface area contributed by atoms with Crippen molar-refractivity contribution in [1.82, 2.24) is 9.97 Å². The maximum atomic E-state index is 12.4. The highest BCUT2D eigenvalue weighted by molar-refractivity contribution is 7.91. The molecule has 0 N–H and O–H groups in total. The predicted octanol–water partition coefficient (Wildman–Crippen LogP) is 0.911. The third-order valence-electron chi connectivity index (χ3n) is 3.10. The molecule has 1 aromatic carbocycles. The quantitative estimate of drug-likeness (QED) is 0.779. The van der Waals surface area contributed by atoms with Crippen molar-refractivity contribution in [2.24, 2.45) is 0 Å². The second-order valence-corrected chi connectivity index (χ2v) is 6.41. The normalized spacial score (nSPS) is 16.5. The second-order valence-electron chi connectivity index (χ2n) is 4.33. The number of sulfone groups is 1. The molecule has 20 heavy (non-hydrogen) atoms. The van der Waals surface area contributed by atoms with Gasteiger partial charge >= 0.3 is 0 Å². The molecule has 3 rings (SSSR count). The minimum absolute atomic E-state index is 0.0873. The Labute approximate surface area is 116 Å². The van der Waals surface area contributed by atoms with Gasteiger partial charge in [0.1, 0.15) is 5.69 Å². The van der Waals surface area contributed by atoms with Crippen molar-refractivity contribution in [2.45, 2.75) is 4.90 Å². The SMILES string of the molecule is O=C(c1cnccn1)N1CCS(=O)(=O)c2ccccc21. The van der Waals surface area contributed by atoms with E-state index in [0.717, 1.165) is 0 Å². The van der Waals surface area contributed by atoms with Crippen molar-refractivity contribution in [1.29, 1.82) is 0 Å². The number of fused-ring (bicyclic) bond motifs is 1. The summed E-state index contributed by atoms with van der Waals surface area (Å²) >= 11 is 0. The molecule has 102 valence electrons. The highest BCUT2D eigenvalue weighted by Gasteiger charge is 2.32. The molecular formula is C13H11N3O3S. The van der Waals surface area contributed by atoms with Crippen LogP contribution in [0, 0.1) is 0 Å². The number of para-hydroxylation sites is 1. The molecule has 0 radical (unpaired) electrons. The van der Waals surface area contributed by atoms with E-state index in [4.69, 9.17) is 0 Å².